The minimum absolute atomic E-state index is 0.0836. The number of rotatable bonds is 5. The summed E-state index contributed by atoms with van der Waals surface area (Å²) in [5.41, 5.74) is 1.65. The number of nitrogens with one attached hydrogen (secondary N) is 1. The van der Waals surface area contributed by atoms with E-state index in [0.29, 0.717) is 18.9 Å². The first kappa shape index (κ1) is 19.2. The Balaban J connectivity index is 1.33. The lowest BCUT2D eigenvalue weighted by Crippen LogP contribution is -2.49. The van der Waals surface area contributed by atoms with Crippen LogP contribution in [0.5, 0.6) is 0 Å². The Morgan fingerprint density at radius 2 is 1.66 bits per heavy atom. The fourth-order valence-corrected chi connectivity index (χ4v) is 3.61. The Morgan fingerprint density at radius 1 is 0.931 bits per heavy atom. The zero-order valence-electron chi connectivity index (χ0n) is 16.2. The maximum atomic E-state index is 12.7. The lowest BCUT2D eigenvalue weighted by molar-refractivity contribution is 0.0746. The Labute approximate surface area is 174 Å². The molecule has 8 heteroatoms. The van der Waals surface area contributed by atoms with E-state index in [1.54, 1.807) is 24.2 Å². The number of hydrogen-bond acceptors (Lipinski definition) is 7. The Morgan fingerprint density at radius 3 is 2.28 bits per heavy atom. The maximum Gasteiger partial charge on any atom is 0.253 e. The second-order valence-electron chi connectivity index (χ2n) is 6.65. The van der Waals surface area contributed by atoms with Crippen molar-refractivity contribution in [2.75, 3.05) is 42.7 Å². The second-order valence-corrected chi connectivity index (χ2v) is 7.53. The van der Waals surface area contributed by atoms with Gasteiger partial charge in [-0.05, 0) is 54.8 Å². The number of amides is 1. The van der Waals surface area contributed by atoms with Crippen LogP contribution in [0.1, 0.15) is 10.4 Å². The van der Waals surface area contributed by atoms with Crippen molar-refractivity contribution in [3.8, 4) is 0 Å². The molecular formula is C21H22N6OS. The fraction of sp³-hybridized carbons (Fsp3) is 0.238. The van der Waals surface area contributed by atoms with Crippen molar-refractivity contribution in [1.82, 2.24) is 20.1 Å². The highest BCUT2D eigenvalue weighted by molar-refractivity contribution is 7.98. The summed E-state index contributed by atoms with van der Waals surface area (Å²) in [7, 11) is 0. The molecule has 1 amide bonds. The summed E-state index contributed by atoms with van der Waals surface area (Å²) >= 11 is 1.67. The van der Waals surface area contributed by atoms with E-state index in [1.165, 1.54) is 0 Å². The van der Waals surface area contributed by atoms with Crippen molar-refractivity contribution in [3.05, 3.63) is 66.5 Å². The molecule has 4 rings (SSSR count). The van der Waals surface area contributed by atoms with E-state index in [2.05, 4.69) is 25.4 Å². The van der Waals surface area contributed by atoms with E-state index in [-0.39, 0.29) is 5.91 Å². The summed E-state index contributed by atoms with van der Waals surface area (Å²) in [4.78, 5) is 21.9. The van der Waals surface area contributed by atoms with E-state index in [9.17, 15) is 4.79 Å². The summed E-state index contributed by atoms with van der Waals surface area (Å²) in [5, 5.41) is 11.8. The molecule has 3 heterocycles. The van der Waals surface area contributed by atoms with Gasteiger partial charge in [0.05, 0.1) is 0 Å². The van der Waals surface area contributed by atoms with Crippen LogP contribution in [0, 0.1) is 0 Å². The minimum atomic E-state index is 0.0836. The number of carbonyl (C=O) groups excluding carboxylic acids is 1. The van der Waals surface area contributed by atoms with Crippen LogP contribution < -0.4 is 10.2 Å². The van der Waals surface area contributed by atoms with Crippen LogP contribution in [0.3, 0.4) is 0 Å². The van der Waals surface area contributed by atoms with Gasteiger partial charge in [-0.15, -0.1) is 22.0 Å². The monoisotopic (exact) mass is 406 g/mol. The van der Waals surface area contributed by atoms with Gasteiger partial charge < -0.3 is 15.1 Å². The minimum Gasteiger partial charge on any atom is -0.352 e. The number of pyridine rings is 1. The highest BCUT2D eigenvalue weighted by atomic mass is 32.2. The quantitative estimate of drug-likeness (QED) is 0.652. The number of nitrogens with zero attached hydrogens (tertiary/aromatic N) is 5. The molecule has 0 atom stereocenters. The zero-order valence-corrected chi connectivity index (χ0v) is 17.0. The van der Waals surface area contributed by atoms with Crippen LogP contribution in [0.15, 0.2) is 65.8 Å². The van der Waals surface area contributed by atoms with Crippen molar-refractivity contribution in [2.24, 2.45) is 0 Å². The first-order valence-corrected chi connectivity index (χ1v) is 10.6. The average Bonchev–Trinajstić information content (AvgIpc) is 2.80. The van der Waals surface area contributed by atoms with Gasteiger partial charge in [-0.2, -0.15) is 0 Å². The van der Waals surface area contributed by atoms with Gasteiger partial charge in [-0.3, -0.25) is 9.78 Å². The first-order chi connectivity index (χ1) is 14.2. The fourth-order valence-electron chi connectivity index (χ4n) is 3.20. The molecule has 148 valence electrons. The number of carbonyl (C=O) groups is 1. The Bertz CT molecular complexity index is 941. The molecule has 0 spiro atoms. The van der Waals surface area contributed by atoms with Crippen molar-refractivity contribution in [1.29, 1.82) is 0 Å². The third-order valence-corrected chi connectivity index (χ3v) is 5.57. The van der Waals surface area contributed by atoms with Crippen LogP contribution >= 0.6 is 11.8 Å². The van der Waals surface area contributed by atoms with Crippen LogP contribution in [-0.2, 0) is 0 Å². The molecule has 0 bridgehead atoms. The third kappa shape index (κ3) is 4.65. The van der Waals surface area contributed by atoms with Gasteiger partial charge in [-0.25, -0.2) is 0 Å². The predicted octanol–water partition coefficient (Wildman–Crippen LogP) is 3.30. The van der Waals surface area contributed by atoms with Gasteiger partial charge in [0.1, 0.15) is 0 Å². The molecule has 0 radical (unpaired) electrons. The number of benzene rings is 1. The second kappa shape index (κ2) is 8.91. The van der Waals surface area contributed by atoms with E-state index in [1.807, 2.05) is 59.7 Å². The molecule has 1 aromatic carbocycles. The number of aromatic nitrogens is 3. The highest BCUT2D eigenvalue weighted by Gasteiger charge is 2.23. The smallest absolute Gasteiger partial charge is 0.253 e. The number of thioether (sulfide) groups is 1. The van der Waals surface area contributed by atoms with Gasteiger partial charge in [0, 0.05) is 54.7 Å². The van der Waals surface area contributed by atoms with Crippen molar-refractivity contribution in [2.45, 2.75) is 4.90 Å². The molecule has 1 aliphatic rings. The number of hydrogen-bond donors (Lipinski definition) is 1. The first-order valence-electron chi connectivity index (χ1n) is 9.42. The molecule has 1 saturated heterocycles. The molecule has 29 heavy (non-hydrogen) atoms. The van der Waals surface area contributed by atoms with E-state index in [4.69, 9.17) is 0 Å². The van der Waals surface area contributed by atoms with E-state index in [0.717, 1.165) is 35.1 Å². The molecule has 7 nitrogen and oxygen atoms in total. The van der Waals surface area contributed by atoms with Crippen LogP contribution in [0.2, 0.25) is 0 Å². The Kier molecular flexibility index (Phi) is 5.90. The van der Waals surface area contributed by atoms with Crippen molar-refractivity contribution < 1.29 is 4.79 Å². The van der Waals surface area contributed by atoms with Crippen LogP contribution in [0.4, 0.5) is 17.3 Å². The Hall–Kier alpha value is -3.13. The van der Waals surface area contributed by atoms with E-state index >= 15 is 0 Å². The summed E-state index contributed by atoms with van der Waals surface area (Å²) in [5.74, 6) is 1.59. The SMILES string of the molecule is CSc1ccc(C(=O)N2CCN(c3ccc(Nc4ccncc4)nn3)CC2)cc1. The molecule has 0 unspecified atom stereocenters. The van der Waals surface area contributed by atoms with Gasteiger partial charge in [0.25, 0.3) is 5.91 Å². The zero-order chi connectivity index (χ0) is 20.1. The lowest BCUT2D eigenvalue weighted by Gasteiger charge is -2.35. The van der Waals surface area contributed by atoms with Gasteiger partial charge in [0.15, 0.2) is 11.6 Å². The summed E-state index contributed by atoms with van der Waals surface area (Å²) < 4.78 is 0. The summed E-state index contributed by atoms with van der Waals surface area (Å²) in [6, 6.07) is 15.4. The standard InChI is InChI=1S/C21H22N6OS/c1-29-18-4-2-16(3-5-18)21(28)27-14-12-26(13-15-27)20-7-6-19(24-25-20)23-17-8-10-22-11-9-17/h2-11H,12-15H2,1H3,(H,22,23,24). The molecule has 1 aliphatic heterocycles. The van der Waals surface area contributed by atoms with Gasteiger partial charge in [-0.1, -0.05) is 0 Å². The molecule has 2 aromatic heterocycles. The summed E-state index contributed by atoms with van der Waals surface area (Å²) in [6.07, 6.45) is 5.48. The van der Waals surface area contributed by atoms with Crippen molar-refractivity contribution >= 4 is 35.0 Å². The number of anilines is 3. The highest BCUT2D eigenvalue weighted by Crippen LogP contribution is 2.19. The number of piperazine rings is 1. The molecule has 3 aromatic rings. The van der Waals surface area contributed by atoms with E-state index < -0.39 is 0 Å². The van der Waals surface area contributed by atoms with Crippen molar-refractivity contribution in [3.63, 3.8) is 0 Å². The van der Waals surface area contributed by atoms with Gasteiger partial charge in [0.2, 0.25) is 0 Å². The molecule has 1 N–H and O–H groups in total. The van der Waals surface area contributed by atoms with Crippen LogP contribution in [-0.4, -0.2) is 58.4 Å². The predicted molar refractivity (Wildman–Crippen MR) is 116 cm³/mol. The van der Waals surface area contributed by atoms with Crippen LogP contribution in [0.25, 0.3) is 0 Å². The average molecular weight is 407 g/mol. The molecule has 1 fully saturated rings. The molecule has 0 saturated carbocycles. The molecular weight excluding hydrogens is 384 g/mol. The van der Waals surface area contributed by atoms with Gasteiger partial charge >= 0.3 is 0 Å². The summed E-state index contributed by atoms with van der Waals surface area (Å²) in [6.45, 7) is 2.81. The maximum absolute atomic E-state index is 12.7. The molecule has 0 aliphatic carbocycles. The topological polar surface area (TPSA) is 74.2 Å². The largest absolute Gasteiger partial charge is 0.352 e. The lowest BCUT2D eigenvalue weighted by atomic mass is 10.2. The normalized spacial score (nSPS) is 14.0. The third-order valence-electron chi connectivity index (χ3n) is 4.83.